The van der Waals surface area contributed by atoms with Gasteiger partial charge in [-0.05, 0) is 24.3 Å². The average Bonchev–Trinajstić information content (AvgIpc) is 3.10. The van der Waals surface area contributed by atoms with Gasteiger partial charge in [0, 0.05) is 17.8 Å². The molecule has 1 heterocycles. The maximum Gasteiger partial charge on any atom is 0.269 e. The van der Waals surface area contributed by atoms with Crippen molar-refractivity contribution in [3.63, 3.8) is 0 Å². The van der Waals surface area contributed by atoms with Gasteiger partial charge in [-0.2, -0.15) is 10.3 Å². The predicted molar refractivity (Wildman–Crippen MR) is 95.5 cm³/mol. The number of nitrogens with zero attached hydrogens (tertiary/aromatic N) is 1. The number of nitrogens with one attached hydrogen (secondary N) is 5. The van der Waals surface area contributed by atoms with E-state index in [1.54, 1.807) is 18.2 Å². The van der Waals surface area contributed by atoms with Crippen LogP contribution in [0.3, 0.4) is 0 Å². The molecule has 2 atom stereocenters. The Hall–Kier alpha value is -2.90. The fourth-order valence-electron chi connectivity index (χ4n) is 2.40. The summed E-state index contributed by atoms with van der Waals surface area (Å²) in [5.41, 5.74) is 7.98. The SMILES string of the molecule is O=C(Nc1ccc([N+](=O)[O-])cc1)C1NNNC1NS(=O)(=O)c1ccccc1. The van der Waals surface area contributed by atoms with E-state index in [-0.39, 0.29) is 10.6 Å². The number of amides is 1. The Morgan fingerprint density at radius 1 is 1.04 bits per heavy atom. The second-order valence-corrected chi connectivity index (χ2v) is 7.31. The summed E-state index contributed by atoms with van der Waals surface area (Å²) >= 11 is 0. The summed E-state index contributed by atoms with van der Waals surface area (Å²) in [6, 6.07) is 12.0. The molecule has 2 aromatic rings. The molecule has 0 saturated carbocycles. The molecule has 2 aromatic carbocycles. The predicted octanol–water partition coefficient (Wildman–Crippen LogP) is -0.181. The maximum absolute atomic E-state index is 12.4. The molecule has 2 unspecified atom stereocenters. The molecule has 12 heteroatoms. The van der Waals surface area contributed by atoms with Crippen molar-refractivity contribution < 1.29 is 18.1 Å². The number of anilines is 1. The highest BCUT2D eigenvalue weighted by atomic mass is 32.2. The summed E-state index contributed by atoms with van der Waals surface area (Å²) in [6.07, 6.45) is -0.965. The van der Waals surface area contributed by atoms with E-state index in [9.17, 15) is 23.3 Å². The molecule has 0 bridgehead atoms. The monoisotopic (exact) mass is 392 g/mol. The van der Waals surface area contributed by atoms with E-state index in [1.165, 1.54) is 36.4 Å². The zero-order valence-electron chi connectivity index (χ0n) is 13.7. The van der Waals surface area contributed by atoms with Gasteiger partial charge in [0.2, 0.25) is 15.9 Å². The Morgan fingerprint density at radius 3 is 2.33 bits per heavy atom. The molecule has 0 radical (unpaired) electrons. The van der Waals surface area contributed by atoms with Crippen LogP contribution in [0.15, 0.2) is 59.5 Å². The molecule has 1 amide bonds. The van der Waals surface area contributed by atoms with Crippen molar-refractivity contribution in [3.8, 4) is 0 Å². The minimum Gasteiger partial charge on any atom is -0.325 e. The van der Waals surface area contributed by atoms with Crippen LogP contribution in [0.1, 0.15) is 0 Å². The lowest BCUT2D eigenvalue weighted by Crippen LogP contribution is -2.53. The number of nitro groups is 1. The van der Waals surface area contributed by atoms with Gasteiger partial charge in [-0.3, -0.25) is 14.9 Å². The summed E-state index contributed by atoms with van der Waals surface area (Å²) in [4.78, 5) is 22.6. The largest absolute Gasteiger partial charge is 0.325 e. The zero-order chi connectivity index (χ0) is 19.4. The van der Waals surface area contributed by atoms with Gasteiger partial charge in [0.1, 0.15) is 12.2 Å². The number of hydrogen-bond donors (Lipinski definition) is 5. The van der Waals surface area contributed by atoms with Crippen LogP contribution in [0.4, 0.5) is 11.4 Å². The van der Waals surface area contributed by atoms with Crippen LogP contribution in [0.25, 0.3) is 0 Å². The fourth-order valence-corrected chi connectivity index (χ4v) is 3.58. The first-order valence-corrected chi connectivity index (χ1v) is 9.24. The molecular formula is C15H16N6O5S. The highest BCUT2D eigenvalue weighted by Crippen LogP contribution is 2.16. The van der Waals surface area contributed by atoms with Crippen molar-refractivity contribution in [2.24, 2.45) is 0 Å². The van der Waals surface area contributed by atoms with Crippen LogP contribution < -0.4 is 26.4 Å². The number of benzene rings is 2. The first kappa shape index (κ1) is 18.9. The lowest BCUT2D eigenvalue weighted by molar-refractivity contribution is -0.384. The number of hydrogen-bond acceptors (Lipinski definition) is 8. The van der Waals surface area contributed by atoms with Gasteiger partial charge in [0.15, 0.2) is 0 Å². The smallest absolute Gasteiger partial charge is 0.269 e. The van der Waals surface area contributed by atoms with E-state index in [4.69, 9.17) is 0 Å². The van der Waals surface area contributed by atoms with Gasteiger partial charge in [0.05, 0.1) is 9.82 Å². The van der Waals surface area contributed by atoms with E-state index in [0.29, 0.717) is 5.69 Å². The maximum atomic E-state index is 12.4. The number of sulfonamides is 1. The normalized spacial score (nSPS) is 19.6. The van der Waals surface area contributed by atoms with Gasteiger partial charge in [-0.25, -0.2) is 19.3 Å². The van der Waals surface area contributed by atoms with Crippen LogP contribution in [-0.4, -0.2) is 31.5 Å². The quantitative estimate of drug-likeness (QED) is 0.335. The van der Waals surface area contributed by atoms with Crippen molar-refractivity contribution in [2.45, 2.75) is 17.1 Å². The van der Waals surface area contributed by atoms with E-state index >= 15 is 0 Å². The van der Waals surface area contributed by atoms with Gasteiger partial charge in [-0.15, -0.1) is 0 Å². The Morgan fingerprint density at radius 2 is 1.70 bits per heavy atom. The lowest BCUT2D eigenvalue weighted by atomic mass is 10.2. The summed E-state index contributed by atoms with van der Waals surface area (Å²) < 4.78 is 27.2. The van der Waals surface area contributed by atoms with E-state index in [0.717, 1.165) is 0 Å². The molecule has 1 aliphatic rings. The Kier molecular flexibility index (Phi) is 5.43. The van der Waals surface area contributed by atoms with Crippen LogP contribution in [0, 0.1) is 10.1 Å². The third-order valence-electron chi connectivity index (χ3n) is 3.75. The first-order valence-electron chi connectivity index (χ1n) is 7.75. The molecule has 27 heavy (non-hydrogen) atoms. The van der Waals surface area contributed by atoms with Crippen molar-refractivity contribution in [1.82, 2.24) is 21.1 Å². The fraction of sp³-hybridized carbons (Fsp3) is 0.133. The van der Waals surface area contributed by atoms with Gasteiger partial charge >= 0.3 is 0 Å². The van der Waals surface area contributed by atoms with E-state index < -0.39 is 33.1 Å². The molecule has 1 saturated heterocycles. The molecular weight excluding hydrogens is 376 g/mol. The highest BCUT2D eigenvalue weighted by Gasteiger charge is 2.36. The van der Waals surface area contributed by atoms with Crippen LogP contribution >= 0.6 is 0 Å². The molecule has 5 N–H and O–H groups in total. The molecule has 0 spiro atoms. The van der Waals surface area contributed by atoms with Crippen LogP contribution in [-0.2, 0) is 14.8 Å². The lowest BCUT2D eigenvalue weighted by Gasteiger charge is -2.19. The van der Waals surface area contributed by atoms with Crippen molar-refractivity contribution >= 4 is 27.3 Å². The summed E-state index contributed by atoms with van der Waals surface area (Å²) in [5.74, 6) is -0.540. The van der Waals surface area contributed by atoms with Crippen molar-refractivity contribution in [3.05, 3.63) is 64.7 Å². The van der Waals surface area contributed by atoms with Crippen molar-refractivity contribution in [1.29, 1.82) is 0 Å². The van der Waals surface area contributed by atoms with Gasteiger partial charge in [0.25, 0.3) is 5.69 Å². The molecule has 11 nitrogen and oxygen atoms in total. The molecule has 1 fully saturated rings. The van der Waals surface area contributed by atoms with E-state index in [1.807, 2.05) is 0 Å². The third kappa shape index (κ3) is 4.45. The van der Waals surface area contributed by atoms with Crippen LogP contribution in [0.5, 0.6) is 0 Å². The summed E-state index contributed by atoms with van der Waals surface area (Å²) in [5, 5.41) is 13.2. The number of rotatable bonds is 6. The highest BCUT2D eigenvalue weighted by molar-refractivity contribution is 7.89. The summed E-state index contributed by atoms with van der Waals surface area (Å²) in [7, 11) is -3.85. The molecule has 3 rings (SSSR count). The average molecular weight is 392 g/mol. The third-order valence-corrected chi connectivity index (χ3v) is 5.21. The molecule has 142 valence electrons. The standard InChI is InChI=1S/C15H16N6O5S/c22-15(16-10-6-8-11(9-7-10)21(23)24)13-14(18-20-17-13)19-27(25,26)12-4-2-1-3-5-12/h1-9,13-14,17-20H,(H,16,22). The summed E-state index contributed by atoms with van der Waals surface area (Å²) in [6.45, 7) is 0. The Balaban J connectivity index is 1.68. The number of non-ortho nitro benzene ring substituents is 1. The first-order chi connectivity index (χ1) is 12.9. The second kappa shape index (κ2) is 7.77. The number of nitro benzene ring substituents is 1. The molecule has 1 aliphatic heterocycles. The second-order valence-electron chi connectivity index (χ2n) is 5.60. The zero-order valence-corrected chi connectivity index (χ0v) is 14.6. The molecule has 0 aromatic heterocycles. The van der Waals surface area contributed by atoms with Crippen LogP contribution in [0.2, 0.25) is 0 Å². The Labute approximate surface area is 154 Å². The van der Waals surface area contributed by atoms with Crippen molar-refractivity contribution in [2.75, 3.05) is 5.32 Å². The number of carbonyl (C=O) groups is 1. The Bertz CT molecular complexity index is 935. The molecule has 0 aliphatic carbocycles. The van der Waals surface area contributed by atoms with Gasteiger partial charge in [-0.1, -0.05) is 18.2 Å². The number of hydrazine groups is 2. The number of carbonyl (C=O) groups excluding carboxylic acids is 1. The minimum atomic E-state index is -3.85. The van der Waals surface area contributed by atoms with Gasteiger partial charge < -0.3 is 5.32 Å². The topological polar surface area (TPSA) is 154 Å². The van der Waals surface area contributed by atoms with E-state index in [2.05, 4.69) is 26.4 Å². The minimum absolute atomic E-state index is 0.0632.